The number of hydrogen-bond acceptors (Lipinski definition) is 5. The molecule has 1 amide bonds. The summed E-state index contributed by atoms with van der Waals surface area (Å²) in [6.07, 6.45) is 0. The zero-order valence-corrected chi connectivity index (χ0v) is 14.2. The number of nitrogens with two attached hydrogens (primary N) is 1. The number of thiophene rings is 1. The highest BCUT2D eigenvalue weighted by Crippen LogP contribution is 2.27. The largest absolute Gasteiger partial charge is 0.495 e. The molecule has 1 aromatic rings. The zero-order valence-electron chi connectivity index (χ0n) is 12.6. The van der Waals surface area contributed by atoms with Crippen molar-refractivity contribution in [3.05, 3.63) is 16.3 Å². The molecule has 0 bridgehead atoms. The first-order chi connectivity index (χ1) is 9.87. The third-order valence-electron chi connectivity index (χ3n) is 4.00. The Hall–Kier alpha value is -1.18. The van der Waals surface area contributed by atoms with E-state index >= 15 is 0 Å². The van der Waals surface area contributed by atoms with Gasteiger partial charge in [-0.1, -0.05) is 12.2 Å². The van der Waals surface area contributed by atoms with Crippen molar-refractivity contribution in [1.29, 1.82) is 0 Å². The molecule has 1 fully saturated rings. The van der Waals surface area contributed by atoms with Gasteiger partial charge in [-0.15, -0.1) is 11.3 Å². The van der Waals surface area contributed by atoms with Gasteiger partial charge in [-0.2, -0.15) is 0 Å². The summed E-state index contributed by atoms with van der Waals surface area (Å²) in [5.41, 5.74) is 5.49. The molecule has 5 nitrogen and oxygen atoms in total. The van der Waals surface area contributed by atoms with Crippen LogP contribution in [0, 0.1) is 0 Å². The number of hydrogen-bond donors (Lipinski definition) is 1. The first-order valence-corrected chi connectivity index (χ1v) is 8.12. The van der Waals surface area contributed by atoms with E-state index in [1.165, 1.54) is 11.3 Å². The standard InChI is InChI=1S/C14H21N3O2S2/c1-14(2,13(15)20)17-7-5-16(6-8-17)12(18)11-10(19-3)4-9-21-11/h4,9H,5-8H2,1-3H3,(H2,15,20). The number of methoxy groups -OCH3 is 1. The van der Waals surface area contributed by atoms with Crippen molar-refractivity contribution in [3.63, 3.8) is 0 Å². The summed E-state index contributed by atoms with van der Waals surface area (Å²) in [5, 5.41) is 1.87. The summed E-state index contributed by atoms with van der Waals surface area (Å²) in [6.45, 7) is 6.93. The summed E-state index contributed by atoms with van der Waals surface area (Å²) in [4.78, 5) is 17.8. The van der Waals surface area contributed by atoms with E-state index in [-0.39, 0.29) is 11.4 Å². The SMILES string of the molecule is COc1ccsc1C(=O)N1CCN(C(C)(C)C(N)=S)CC1. The highest BCUT2D eigenvalue weighted by Gasteiger charge is 2.34. The predicted molar refractivity (Wildman–Crippen MR) is 89.2 cm³/mol. The van der Waals surface area contributed by atoms with Crippen LogP contribution in [0.2, 0.25) is 0 Å². The monoisotopic (exact) mass is 327 g/mol. The molecule has 116 valence electrons. The Kier molecular flexibility index (Phi) is 4.85. The second kappa shape index (κ2) is 6.29. The van der Waals surface area contributed by atoms with E-state index in [1.807, 2.05) is 30.2 Å². The first kappa shape index (κ1) is 16.2. The van der Waals surface area contributed by atoms with Crippen LogP contribution in [0.3, 0.4) is 0 Å². The van der Waals surface area contributed by atoms with E-state index in [9.17, 15) is 4.79 Å². The van der Waals surface area contributed by atoms with Gasteiger partial charge in [-0.3, -0.25) is 9.69 Å². The molecule has 2 N–H and O–H groups in total. The summed E-state index contributed by atoms with van der Waals surface area (Å²) in [6, 6.07) is 1.82. The van der Waals surface area contributed by atoms with Crippen LogP contribution in [0.15, 0.2) is 11.4 Å². The van der Waals surface area contributed by atoms with Crippen LogP contribution in [-0.2, 0) is 0 Å². The van der Waals surface area contributed by atoms with Gasteiger partial charge in [-0.25, -0.2) is 0 Å². The van der Waals surface area contributed by atoms with Gasteiger partial charge in [0.25, 0.3) is 5.91 Å². The number of nitrogens with zero attached hydrogens (tertiary/aromatic N) is 2. The maximum Gasteiger partial charge on any atom is 0.267 e. The number of ether oxygens (including phenoxy) is 1. The third kappa shape index (κ3) is 3.20. The Labute approximate surface area is 134 Å². The van der Waals surface area contributed by atoms with E-state index in [2.05, 4.69) is 4.90 Å². The predicted octanol–water partition coefficient (Wildman–Crippen LogP) is 1.58. The van der Waals surface area contributed by atoms with Gasteiger partial charge in [0.2, 0.25) is 0 Å². The minimum atomic E-state index is -0.314. The Morgan fingerprint density at radius 1 is 1.38 bits per heavy atom. The molecule has 21 heavy (non-hydrogen) atoms. The average molecular weight is 327 g/mol. The summed E-state index contributed by atoms with van der Waals surface area (Å²) in [7, 11) is 1.58. The topological polar surface area (TPSA) is 58.8 Å². The van der Waals surface area contributed by atoms with Crippen LogP contribution in [0.25, 0.3) is 0 Å². The number of carbonyl (C=O) groups excluding carboxylic acids is 1. The quantitative estimate of drug-likeness (QED) is 0.851. The van der Waals surface area contributed by atoms with Crippen LogP contribution in [0.5, 0.6) is 5.75 Å². The second-order valence-electron chi connectivity index (χ2n) is 5.52. The molecule has 2 rings (SSSR count). The lowest BCUT2D eigenvalue weighted by Crippen LogP contribution is -2.59. The Bertz CT molecular complexity index is 534. The van der Waals surface area contributed by atoms with Crippen molar-refractivity contribution in [2.24, 2.45) is 5.73 Å². The van der Waals surface area contributed by atoms with Crippen LogP contribution >= 0.6 is 23.6 Å². The van der Waals surface area contributed by atoms with Crippen molar-refractivity contribution in [1.82, 2.24) is 9.80 Å². The van der Waals surface area contributed by atoms with Gasteiger partial charge < -0.3 is 15.4 Å². The van der Waals surface area contributed by atoms with E-state index in [1.54, 1.807) is 7.11 Å². The molecule has 0 saturated carbocycles. The highest BCUT2D eigenvalue weighted by molar-refractivity contribution is 7.80. The maximum atomic E-state index is 12.5. The van der Waals surface area contributed by atoms with Crippen molar-refractivity contribution in [3.8, 4) is 5.75 Å². The normalized spacial score (nSPS) is 16.8. The van der Waals surface area contributed by atoms with Crippen molar-refractivity contribution < 1.29 is 9.53 Å². The Morgan fingerprint density at radius 3 is 2.52 bits per heavy atom. The van der Waals surface area contributed by atoms with Crippen molar-refractivity contribution in [2.75, 3.05) is 33.3 Å². The lowest BCUT2D eigenvalue weighted by molar-refractivity contribution is 0.0541. The van der Waals surface area contributed by atoms with E-state index in [0.29, 0.717) is 28.7 Å². The molecule has 0 unspecified atom stereocenters. The molecule has 0 aromatic carbocycles. The molecule has 0 radical (unpaired) electrons. The molecule has 1 saturated heterocycles. The first-order valence-electron chi connectivity index (χ1n) is 6.83. The summed E-state index contributed by atoms with van der Waals surface area (Å²) in [5.74, 6) is 0.686. The molecule has 0 atom stereocenters. The van der Waals surface area contributed by atoms with Gasteiger partial charge in [0.15, 0.2) is 0 Å². The second-order valence-corrected chi connectivity index (χ2v) is 6.88. The van der Waals surface area contributed by atoms with Crippen molar-refractivity contribution >= 4 is 34.5 Å². The van der Waals surface area contributed by atoms with E-state index in [0.717, 1.165) is 13.1 Å². The molecule has 1 aliphatic rings. The molecule has 7 heteroatoms. The minimum Gasteiger partial charge on any atom is -0.495 e. The van der Waals surface area contributed by atoms with E-state index in [4.69, 9.17) is 22.7 Å². The molecular formula is C14H21N3O2S2. The van der Waals surface area contributed by atoms with Crippen LogP contribution in [-0.4, -0.2) is 59.5 Å². The van der Waals surface area contributed by atoms with Gasteiger partial charge in [0.1, 0.15) is 10.6 Å². The van der Waals surface area contributed by atoms with Gasteiger partial charge in [0.05, 0.1) is 17.6 Å². The fraction of sp³-hybridized carbons (Fsp3) is 0.571. The van der Waals surface area contributed by atoms with Crippen LogP contribution in [0.4, 0.5) is 0 Å². The minimum absolute atomic E-state index is 0.0367. The summed E-state index contributed by atoms with van der Waals surface area (Å²) < 4.78 is 5.22. The van der Waals surface area contributed by atoms with Gasteiger partial charge >= 0.3 is 0 Å². The fourth-order valence-corrected chi connectivity index (χ4v) is 3.34. The maximum absolute atomic E-state index is 12.5. The molecule has 2 heterocycles. The number of thiocarbonyl (C=S) groups is 1. The fourth-order valence-electron chi connectivity index (χ4n) is 2.38. The molecule has 1 aromatic heterocycles. The van der Waals surface area contributed by atoms with Crippen LogP contribution < -0.4 is 10.5 Å². The van der Waals surface area contributed by atoms with E-state index < -0.39 is 0 Å². The zero-order chi connectivity index (χ0) is 15.6. The lowest BCUT2D eigenvalue weighted by Gasteiger charge is -2.43. The van der Waals surface area contributed by atoms with Crippen molar-refractivity contribution in [2.45, 2.75) is 19.4 Å². The Balaban J connectivity index is 2.01. The summed E-state index contributed by atoms with van der Waals surface area (Å²) >= 11 is 6.55. The molecular weight excluding hydrogens is 306 g/mol. The Morgan fingerprint density at radius 2 is 2.00 bits per heavy atom. The molecule has 0 spiro atoms. The third-order valence-corrected chi connectivity index (χ3v) is 5.39. The lowest BCUT2D eigenvalue weighted by atomic mass is 10.0. The number of amides is 1. The average Bonchev–Trinajstić information content (AvgIpc) is 2.94. The van der Waals surface area contributed by atoms with Gasteiger partial charge in [0, 0.05) is 26.2 Å². The van der Waals surface area contributed by atoms with Gasteiger partial charge in [-0.05, 0) is 25.3 Å². The molecule has 0 aliphatic carbocycles. The smallest absolute Gasteiger partial charge is 0.267 e. The number of carbonyl (C=O) groups is 1. The highest BCUT2D eigenvalue weighted by atomic mass is 32.1. The number of rotatable bonds is 4. The van der Waals surface area contributed by atoms with Crippen LogP contribution in [0.1, 0.15) is 23.5 Å². The molecule has 1 aliphatic heterocycles. The number of piperazine rings is 1.